The van der Waals surface area contributed by atoms with Crippen LogP contribution < -0.4 is 0 Å². The van der Waals surface area contributed by atoms with Gasteiger partial charge in [0.1, 0.15) is 0 Å². The Balaban J connectivity index is 2.21. The molecule has 0 heterocycles. The highest BCUT2D eigenvalue weighted by molar-refractivity contribution is 6.48. The monoisotopic (exact) mass is 294 g/mol. The maximum Gasteiger partial charge on any atom is 0.333 e. The number of rotatable bonds is 7. The molecule has 2 rings (SSSR count). The molecular formula is C17H30O2Si. The molecule has 0 aromatic carbocycles. The van der Waals surface area contributed by atoms with Crippen molar-refractivity contribution in [3.8, 4) is 0 Å². The van der Waals surface area contributed by atoms with Gasteiger partial charge in [-0.2, -0.15) is 0 Å². The first kappa shape index (κ1) is 16.0. The minimum Gasteiger partial charge on any atom is -0.396 e. The highest BCUT2D eigenvalue weighted by atomic mass is 28.3. The van der Waals surface area contributed by atoms with Gasteiger partial charge in [0.15, 0.2) is 0 Å². The van der Waals surface area contributed by atoms with Gasteiger partial charge in [-0.3, -0.25) is 0 Å². The number of hydrogen-bond donors (Lipinski definition) is 0. The molecule has 3 heteroatoms. The molecule has 0 fully saturated rings. The molecule has 0 spiro atoms. The van der Waals surface area contributed by atoms with Crippen molar-refractivity contribution in [3.05, 3.63) is 23.3 Å². The van der Waals surface area contributed by atoms with E-state index in [2.05, 4.69) is 26.0 Å². The van der Waals surface area contributed by atoms with Crippen molar-refractivity contribution in [2.24, 2.45) is 0 Å². The van der Waals surface area contributed by atoms with Gasteiger partial charge < -0.3 is 8.85 Å². The normalized spacial score (nSPS) is 20.2. The van der Waals surface area contributed by atoms with E-state index in [9.17, 15) is 0 Å². The highest BCUT2D eigenvalue weighted by Gasteiger charge is 2.33. The zero-order valence-corrected chi connectivity index (χ0v) is 14.4. The molecule has 0 aromatic rings. The van der Waals surface area contributed by atoms with Crippen LogP contribution in [0.25, 0.3) is 0 Å². The Hall–Kier alpha value is -0.383. The van der Waals surface area contributed by atoms with Gasteiger partial charge in [-0.05, 0) is 65.2 Å². The summed E-state index contributed by atoms with van der Waals surface area (Å²) in [5.74, 6) is 0. The smallest absolute Gasteiger partial charge is 0.333 e. The largest absolute Gasteiger partial charge is 0.396 e. The summed E-state index contributed by atoms with van der Waals surface area (Å²) in [6.07, 6.45) is 15.4. The summed E-state index contributed by atoms with van der Waals surface area (Å²) < 4.78 is 12.2. The average Bonchev–Trinajstić information content (AvgIpc) is 2.50. The first-order valence-corrected chi connectivity index (χ1v) is 10.1. The predicted molar refractivity (Wildman–Crippen MR) is 87.3 cm³/mol. The van der Waals surface area contributed by atoms with E-state index < -0.39 is 9.28 Å². The maximum absolute atomic E-state index is 6.09. The Morgan fingerprint density at radius 1 is 0.900 bits per heavy atom. The second-order valence-corrected chi connectivity index (χ2v) is 7.88. The van der Waals surface area contributed by atoms with Crippen molar-refractivity contribution in [3.63, 3.8) is 0 Å². The van der Waals surface area contributed by atoms with Crippen molar-refractivity contribution < 1.29 is 8.85 Å². The lowest BCUT2D eigenvalue weighted by molar-refractivity contribution is 0.208. The topological polar surface area (TPSA) is 18.5 Å². The quantitative estimate of drug-likeness (QED) is 0.502. The zero-order valence-electron chi connectivity index (χ0n) is 13.2. The molecule has 114 valence electrons. The van der Waals surface area contributed by atoms with Crippen molar-refractivity contribution in [2.45, 2.75) is 70.8 Å². The van der Waals surface area contributed by atoms with Crippen LogP contribution in [0.2, 0.25) is 5.54 Å². The second kappa shape index (κ2) is 8.80. The van der Waals surface area contributed by atoms with E-state index in [1.807, 2.05) is 0 Å². The van der Waals surface area contributed by atoms with Crippen LogP contribution in [0.1, 0.15) is 65.2 Å². The summed E-state index contributed by atoms with van der Waals surface area (Å²) in [5.41, 5.74) is 3.77. The molecular weight excluding hydrogens is 264 g/mol. The van der Waals surface area contributed by atoms with Gasteiger partial charge in [-0.1, -0.05) is 23.3 Å². The Kier molecular flexibility index (Phi) is 7.04. The molecule has 2 aliphatic rings. The third kappa shape index (κ3) is 4.30. The van der Waals surface area contributed by atoms with E-state index >= 15 is 0 Å². The fourth-order valence-electron chi connectivity index (χ4n) is 3.45. The lowest BCUT2D eigenvalue weighted by Gasteiger charge is -2.32. The summed E-state index contributed by atoms with van der Waals surface area (Å²) in [6.45, 7) is 5.77. The van der Waals surface area contributed by atoms with Crippen molar-refractivity contribution in [1.29, 1.82) is 0 Å². The van der Waals surface area contributed by atoms with Crippen LogP contribution >= 0.6 is 0 Å². The van der Waals surface area contributed by atoms with Crippen LogP contribution in [0.3, 0.4) is 0 Å². The molecule has 0 saturated heterocycles. The molecule has 2 aliphatic carbocycles. The predicted octanol–water partition coefficient (Wildman–Crippen LogP) is 4.65. The summed E-state index contributed by atoms with van der Waals surface area (Å²) in [5, 5.41) is 0. The Labute approximate surface area is 126 Å². The van der Waals surface area contributed by atoms with Crippen LogP contribution in [-0.4, -0.2) is 22.5 Å². The molecule has 0 amide bonds. The molecule has 0 unspecified atom stereocenters. The van der Waals surface area contributed by atoms with E-state index in [0.717, 1.165) is 13.2 Å². The molecule has 0 aliphatic heterocycles. The average molecular weight is 295 g/mol. The van der Waals surface area contributed by atoms with Gasteiger partial charge in [0.2, 0.25) is 0 Å². The lowest BCUT2D eigenvalue weighted by atomic mass is 9.89. The second-order valence-electron chi connectivity index (χ2n) is 5.81. The first-order chi connectivity index (χ1) is 9.86. The van der Waals surface area contributed by atoms with Crippen LogP contribution in [0.4, 0.5) is 0 Å². The molecule has 0 radical (unpaired) electrons. The fraction of sp³-hybridized carbons (Fsp3) is 0.765. The highest BCUT2D eigenvalue weighted by Crippen LogP contribution is 2.40. The fourth-order valence-corrected chi connectivity index (χ4v) is 5.89. The van der Waals surface area contributed by atoms with Gasteiger partial charge in [-0.15, -0.1) is 0 Å². The van der Waals surface area contributed by atoms with Crippen molar-refractivity contribution in [1.82, 2.24) is 0 Å². The molecule has 0 saturated carbocycles. The van der Waals surface area contributed by atoms with E-state index in [0.29, 0.717) is 5.54 Å². The van der Waals surface area contributed by atoms with Crippen LogP contribution in [0.5, 0.6) is 0 Å². The first-order valence-electron chi connectivity index (χ1n) is 8.47. The molecule has 0 aromatic heterocycles. The third-order valence-corrected chi connectivity index (χ3v) is 7.11. The van der Waals surface area contributed by atoms with Crippen LogP contribution in [-0.2, 0) is 8.85 Å². The van der Waals surface area contributed by atoms with Gasteiger partial charge in [0, 0.05) is 18.8 Å². The summed E-state index contributed by atoms with van der Waals surface area (Å²) in [7, 11) is -1.63. The minimum atomic E-state index is -1.63. The molecule has 0 atom stereocenters. The van der Waals surface area contributed by atoms with Crippen molar-refractivity contribution >= 4 is 9.28 Å². The van der Waals surface area contributed by atoms with Crippen molar-refractivity contribution in [2.75, 3.05) is 13.2 Å². The van der Waals surface area contributed by atoms with Gasteiger partial charge >= 0.3 is 9.28 Å². The van der Waals surface area contributed by atoms with Gasteiger partial charge in [-0.25, -0.2) is 0 Å². The number of hydrogen-bond acceptors (Lipinski definition) is 2. The molecule has 0 bridgehead atoms. The lowest BCUT2D eigenvalue weighted by Crippen LogP contribution is -2.32. The maximum atomic E-state index is 6.09. The molecule has 2 nitrogen and oxygen atoms in total. The van der Waals surface area contributed by atoms with E-state index in [1.165, 1.54) is 51.4 Å². The Bertz CT molecular complexity index is 317. The Morgan fingerprint density at radius 2 is 1.40 bits per heavy atom. The molecule has 0 N–H and O–H groups in total. The summed E-state index contributed by atoms with van der Waals surface area (Å²) in [4.78, 5) is 0. The van der Waals surface area contributed by atoms with E-state index in [1.54, 1.807) is 11.1 Å². The van der Waals surface area contributed by atoms with E-state index in [-0.39, 0.29) is 0 Å². The molecule has 20 heavy (non-hydrogen) atoms. The zero-order chi connectivity index (χ0) is 14.2. The minimum absolute atomic E-state index is 0.510. The van der Waals surface area contributed by atoms with Crippen LogP contribution in [0, 0.1) is 0 Å². The summed E-state index contributed by atoms with van der Waals surface area (Å²) >= 11 is 0. The third-order valence-electron chi connectivity index (χ3n) is 4.39. The van der Waals surface area contributed by atoms with E-state index in [4.69, 9.17) is 8.85 Å². The van der Waals surface area contributed by atoms with Gasteiger partial charge in [0.25, 0.3) is 0 Å². The summed E-state index contributed by atoms with van der Waals surface area (Å²) in [6, 6.07) is 0. The number of allylic oxidation sites excluding steroid dienone is 4. The SMILES string of the molecule is CCO[SiH](OCC)C(C1=CCCCC1)C1=CCCCC1. The van der Waals surface area contributed by atoms with Gasteiger partial charge in [0.05, 0.1) is 0 Å². The van der Waals surface area contributed by atoms with Crippen LogP contribution in [0.15, 0.2) is 23.3 Å². The standard InChI is InChI=1S/C17H30O2Si/c1-3-18-20(19-4-2)17(15-11-7-5-8-12-15)16-13-9-6-10-14-16/h11,13,17,20H,3-10,12,14H2,1-2H3. The Morgan fingerprint density at radius 3 is 1.75 bits per heavy atom.